The predicted octanol–water partition coefficient (Wildman–Crippen LogP) is 1.12. The number of amides is 1. The maximum atomic E-state index is 12.0. The zero-order chi connectivity index (χ0) is 14.2. The smallest absolute Gasteiger partial charge is 0.410 e. The monoisotopic (exact) mass is 267 g/mol. The molecular weight excluding hydrogens is 246 g/mol. The lowest BCUT2D eigenvalue weighted by atomic mass is 10.00. The van der Waals surface area contributed by atoms with Gasteiger partial charge in [-0.3, -0.25) is 4.68 Å². The molecule has 2 atom stereocenters. The molecule has 1 aromatic heterocycles. The van der Waals surface area contributed by atoms with Crippen LogP contribution in [0.3, 0.4) is 0 Å². The lowest BCUT2D eigenvalue weighted by molar-refractivity contribution is 0.0270. The second-order valence-corrected chi connectivity index (χ2v) is 6.01. The third-order valence-electron chi connectivity index (χ3n) is 3.09. The van der Waals surface area contributed by atoms with Crippen molar-refractivity contribution in [2.24, 2.45) is 7.05 Å². The average Bonchev–Trinajstić information content (AvgIpc) is 2.82. The number of aryl methyl sites for hydroxylation is 1. The van der Waals surface area contributed by atoms with Crippen LogP contribution in [0.25, 0.3) is 0 Å². The standard InChI is InChI=1S/C13H21N3O3/c1-13(2,3)19-12(18)16-7-10(11(17)8-16)9-5-14-15(4)6-9/h5-6,10-11,17H,7-8H2,1-4H3. The number of rotatable bonds is 1. The maximum absolute atomic E-state index is 12.0. The van der Waals surface area contributed by atoms with Gasteiger partial charge < -0.3 is 14.7 Å². The van der Waals surface area contributed by atoms with Crippen molar-refractivity contribution in [3.05, 3.63) is 18.0 Å². The van der Waals surface area contributed by atoms with Crippen LogP contribution in [0, 0.1) is 0 Å². The normalized spacial score (nSPS) is 23.7. The van der Waals surface area contributed by atoms with Crippen LogP contribution in [0.1, 0.15) is 32.3 Å². The molecule has 1 amide bonds. The minimum Gasteiger partial charge on any atom is -0.444 e. The molecule has 106 valence electrons. The zero-order valence-corrected chi connectivity index (χ0v) is 11.8. The Kier molecular flexibility index (Phi) is 3.54. The molecule has 1 fully saturated rings. The molecule has 0 spiro atoms. The number of β-amino-alcohol motifs (C(OH)–C–C–N with tert-alkyl or cyclic N) is 1. The van der Waals surface area contributed by atoms with E-state index < -0.39 is 11.7 Å². The number of likely N-dealkylation sites (tertiary alicyclic amines) is 1. The van der Waals surface area contributed by atoms with E-state index in [9.17, 15) is 9.90 Å². The Morgan fingerprint density at radius 2 is 2.16 bits per heavy atom. The fourth-order valence-electron chi connectivity index (χ4n) is 2.22. The Morgan fingerprint density at radius 3 is 2.68 bits per heavy atom. The number of hydrogen-bond donors (Lipinski definition) is 1. The largest absolute Gasteiger partial charge is 0.444 e. The number of carbonyl (C=O) groups is 1. The summed E-state index contributed by atoms with van der Waals surface area (Å²) < 4.78 is 7.01. The minimum absolute atomic E-state index is 0.0961. The molecule has 1 aromatic rings. The van der Waals surface area contributed by atoms with Gasteiger partial charge in [0.15, 0.2) is 0 Å². The topological polar surface area (TPSA) is 67.6 Å². The van der Waals surface area contributed by atoms with Gasteiger partial charge in [0.2, 0.25) is 0 Å². The van der Waals surface area contributed by atoms with E-state index in [1.165, 1.54) is 0 Å². The highest BCUT2D eigenvalue weighted by Crippen LogP contribution is 2.28. The van der Waals surface area contributed by atoms with E-state index in [0.29, 0.717) is 13.1 Å². The Hall–Kier alpha value is -1.56. The van der Waals surface area contributed by atoms with Crippen LogP contribution in [-0.2, 0) is 11.8 Å². The molecule has 2 heterocycles. The number of aliphatic hydroxyl groups excluding tert-OH is 1. The zero-order valence-electron chi connectivity index (χ0n) is 11.8. The Morgan fingerprint density at radius 1 is 1.47 bits per heavy atom. The molecule has 0 saturated carbocycles. The number of carbonyl (C=O) groups excluding carboxylic acids is 1. The number of aromatic nitrogens is 2. The van der Waals surface area contributed by atoms with E-state index in [0.717, 1.165) is 5.56 Å². The Labute approximate surface area is 113 Å². The molecule has 1 aliphatic heterocycles. The van der Waals surface area contributed by atoms with Gasteiger partial charge in [-0.15, -0.1) is 0 Å². The van der Waals surface area contributed by atoms with Gasteiger partial charge in [0.05, 0.1) is 18.8 Å². The molecular formula is C13H21N3O3. The fraction of sp³-hybridized carbons (Fsp3) is 0.692. The fourth-order valence-corrected chi connectivity index (χ4v) is 2.22. The summed E-state index contributed by atoms with van der Waals surface area (Å²) in [7, 11) is 1.83. The molecule has 6 heteroatoms. The third kappa shape index (κ3) is 3.26. The lowest BCUT2D eigenvalue weighted by Crippen LogP contribution is -2.35. The van der Waals surface area contributed by atoms with Crippen molar-refractivity contribution >= 4 is 6.09 Å². The first kappa shape index (κ1) is 13.9. The van der Waals surface area contributed by atoms with E-state index >= 15 is 0 Å². The molecule has 0 radical (unpaired) electrons. The quantitative estimate of drug-likeness (QED) is 0.828. The maximum Gasteiger partial charge on any atom is 0.410 e. The van der Waals surface area contributed by atoms with Gasteiger partial charge in [0.1, 0.15) is 5.60 Å². The summed E-state index contributed by atoms with van der Waals surface area (Å²) >= 11 is 0. The van der Waals surface area contributed by atoms with Crippen LogP contribution >= 0.6 is 0 Å². The molecule has 0 aromatic carbocycles. The molecule has 0 aliphatic carbocycles. The Bertz CT molecular complexity index is 464. The van der Waals surface area contributed by atoms with E-state index in [-0.39, 0.29) is 12.0 Å². The van der Waals surface area contributed by atoms with Crippen molar-refractivity contribution in [2.75, 3.05) is 13.1 Å². The first-order valence-electron chi connectivity index (χ1n) is 6.41. The van der Waals surface area contributed by atoms with Gasteiger partial charge in [-0.1, -0.05) is 0 Å². The summed E-state index contributed by atoms with van der Waals surface area (Å²) in [6.07, 6.45) is 2.65. The average molecular weight is 267 g/mol. The van der Waals surface area contributed by atoms with E-state index in [4.69, 9.17) is 4.74 Å². The SMILES string of the molecule is Cn1cc(C2CN(C(=O)OC(C)(C)C)CC2O)cn1. The van der Waals surface area contributed by atoms with Crippen LogP contribution in [0.15, 0.2) is 12.4 Å². The van der Waals surface area contributed by atoms with Crippen LogP contribution < -0.4 is 0 Å². The predicted molar refractivity (Wildman–Crippen MR) is 69.8 cm³/mol. The van der Waals surface area contributed by atoms with Gasteiger partial charge >= 0.3 is 6.09 Å². The van der Waals surface area contributed by atoms with Crippen LogP contribution in [0.2, 0.25) is 0 Å². The van der Waals surface area contributed by atoms with Gasteiger partial charge in [0, 0.05) is 25.7 Å². The molecule has 1 aliphatic rings. The van der Waals surface area contributed by atoms with Crippen LogP contribution in [0.4, 0.5) is 4.79 Å². The van der Waals surface area contributed by atoms with Crippen LogP contribution in [-0.4, -0.2) is 50.7 Å². The summed E-state index contributed by atoms with van der Waals surface area (Å²) in [6, 6.07) is 0. The molecule has 0 bridgehead atoms. The second kappa shape index (κ2) is 4.85. The number of nitrogens with zero attached hydrogens (tertiary/aromatic N) is 3. The summed E-state index contributed by atoms with van der Waals surface area (Å²) in [5.41, 5.74) is 0.426. The third-order valence-corrected chi connectivity index (χ3v) is 3.09. The summed E-state index contributed by atoms with van der Waals surface area (Å²) in [5, 5.41) is 14.2. The molecule has 2 unspecified atom stereocenters. The van der Waals surface area contributed by atoms with Crippen molar-refractivity contribution in [3.63, 3.8) is 0 Å². The molecule has 1 N–H and O–H groups in total. The summed E-state index contributed by atoms with van der Waals surface area (Å²) in [5.74, 6) is -0.0961. The second-order valence-electron chi connectivity index (χ2n) is 6.01. The molecule has 19 heavy (non-hydrogen) atoms. The van der Waals surface area contributed by atoms with Crippen molar-refractivity contribution < 1.29 is 14.6 Å². The van der Waals surface area contributed by atoms with Crippen molar-refractivity contribution in [3.8, 4) is 0 Å². The van der Waals surface area contributed by atoms with Crippen molar-refractivity contribution in [1.29, 1.82) is 0 Å². The first-order valence-corrected chi connectivity index (χ1v) is 6.41. The van der Waals surface area contributed by atoms with Crippen LogP contribution in [0.5, 0.6) is 0 Å². The summed E-state index contributed by atoms with van der Waals surface area (Å²) in [4.78, 5) is 13.5. The number of aliphatic hydroxyl groups is 1. The van der Waals surface area contributed by atoms with Gasteiger partial charge in [-0.05, 0) is 26.3 Å². The highest BCUT2D eigenvalue weighted by Gasteiger charge is 2.37. The molecule has 6 nitrogen and oxygen atoms in total. The van der Waals surface area contributed by atoms with Gasteiger partial charge in [0.25, 0.3) is 0 Å². The Balaban J connectivity index is 2.03. The first-order chi connectivity index (χ1) is 8.76. The van der Waals surface area contributed by atoms with Gasteiger partial charge in [-0.25, -0.2) is 4.79 Å². The number of hydrogen-bond acceptors (Lipinski definition) is 4. The molecule has 1 saturated heterocycles. The van der Waals surface area contributed by atoms with Gasteiger partial charge in [-0.2, -0.15) is 5.10 Å². The van der Waals surface area contributed by atoms with Crippen molar-refractivity contribution in [2.45, 2.75) is 38.4 Å². The van der Waals surface area contributed by atoms with E-state index in [2.05, 4.69) is 5.10 Å². The van der Waals surface area contributed by atoms with E-state index in [1.807, 2.05) is 34.0 Å². The highest BCUT2D eigenvalue weighted by atomic mass is 16.6. The summed E-state index contributed by atoms with van der Waals surface area (Å²) in [6.45, 7) is 6.25. The highest BCUT2D eigenvalue weighted by molar-refractivity contribution is 5.68. The molecule has 2 rings (SSSR count). The minimum atomic E-state index is -0.572. The number of ether oxygens (including phenoxy) is 1. The van der Waals surface area contributed by atoms with E-state index in [1.54, 1.807) is 15.8 Å². The lowest BCUT2D eigenvalue weighted by Gasteiger charge is -2.24. The van der Waals surface area contributed by atoms with Crippen molar-refractivity contribution in [1.82, 2.24) is 14.7 Å².